The number of likely N-dealkylation sites (N-methyl/N-ethyl adjacent to an activating group) is 1. The summed E-state index contributed by atoms with van der Waals surface area (Å²) in [5.74, 6) is 0. The van der Waals surface area contributed by atoms with Crippen molar-refractivity contribution in [1.29, 1.82) is 0 Å². The maximum atomic E-state index is 6.09. The van der Waals surface area contributed by atoms with E-state index in [1.54, 1.807) is 36.4 Å². The molecule has 0 atom stereocenters. The van der Waals surface area contributed by atoms with E-state index in [9.17, 15) is 0 Å². The summed E-state index contributed by atoms with van der Waals surface area (Å²) < 4.78 is 0. The summed E-state index contributed by atoms with van der Waals surface area (Å²) in [5, 5.41) is 11.2. The molecule has 3 rings (SSSR count). The second-order valence-electron chi connectivity index (χ2n) is 7.86. The molecule has 0 fully saturated rings. The van der Waals surface area contributed by atoms with Crippen LogP contribution in [0.15, 0.2) is 60.7 Å². The average molecular weight is 628 g/mol. The number of hydrogen-bond donors (Lipinski definition) is 0. The number of para-hydroxylation sites is 2. The van der Waals surface area contributed by atoms with Crippen molar-refractivity contribution in [2.45, 2.75) is 6.54 Å². The molecule has 0 amide bonds. The normalized spacial score (nSPS) is 10.4. The van der Waals surface area contributed by atoms with Gasteiger partial charge in [-0.25, -0.2) is 0 Å². The van der Waals surface area contributed by atoms with Gasteiger partial charge in [-0.15, -0.1) is 30.0 Å². The predicted molar refractivity (Wildman–Crippen MR) is 149 cm³/mol. The number of rotatable bonds is 10. The number of nitrogens with zero attached hydrogens (tertiary/aromatic N) is 4. The minimum atomic E-state index is 0. The van der Waals surface area contributed by atoms with Crippen LogP contribution >= 0.6 is 46.4 Å². The molecular weight excluding hydrogens is 599 g/mol. The summed E-state index contributed by atoms with van der Waals surface area (Å²) in [6.45, 7) is 3.75. The fourth-order valence-corrected chi connectivity index (χ4v) is 3.98. The molecular formula is C26H29Cl4N4Y. The van der Waals surface area contributed by atoms with Crippen LogP contribution in [0.4, 0.5) is 11.4 Å². The minimum Gasteiger partial charge on any atom is -0.681 e. The van der Waals surface area contributed by atoms with Gasteiger partial charge >= 0.3 is 32.7 Å². The van der Waals surface area contributed by atoms with E-state index in [2.05, 4.69) is 46.7 Å². The molecule has 0 aliphatic rings. The molecule has 0 spiro atoms. The Morgan fingerprint density at radius 1 is 0.714 bits per heavy atom. The van der Waals surface area contributed by atoms with E-state index in [1.165, 1.54) is 5.56 Å². The maximum Gasteiger partial charge on any atom is 3.00 e. The molecule has 0 heterocycles. The van der Waals surface area contributed by atoms with Crippen LogP contribution in [0, 0.1) is 6.07 Å². The molecule has 0 aliphatic heterocycles. The summed E-state index contributed by atoms with van der Waals surface area (Å²) in [4.78, 5) is 4.27. The summed E-state index contributed by atoms with van der Waals surface area (Å²) >= 11 is 24.4. The Kier molecular flexibility index (Phi) is 16.5. The molecule has 3 aromatic carbocycles. The van der Waals surface area contributed by atoms with Crippen LogP contribution in [-0.4, -0.2) is 57.1 Å². The Bertz CT molecular complexity index is 908. The topological polar surface area (TPSA) is 34.7 Å². The third-order valence-electron chi connectivity index (χ3n) is 4.65. The van der Waals surface area contributed by atoms with Crippen LogP contribution in [0.5, 0.6) is 0 Å². The van der Waals surface area contributed by atoms with Gasteiger partial charge in [-0.3, -0.25) is 0 Å². The van der Waals surface area contributed by atoms with Crippen LogP contribution < -0.4 is 0 Å². The first-order valence-electron chi connectivity index (χ1n) is 10.8. The minimum absolute atomic E-state index is 0. The summed E-state index contributed by atoms with van der Waals surface area (Å²) in [6.07, 6.45) is 0. The van der Waals surface area contributed by atoms with Gasteiger partial charge in [0.2, 0.25) is 0 Å². The quantitative estimate of drug-likeness (QED) is 0.211. The van der Waals surface area contributed by atoms with Crippen LogP contribution in [0.2, 0.25) is 20.1 Å². The second-order valence-corrected chi connectivity index (χ2v) is 9.49. The van der Waals surface area contributed by atoms with Crippen LogP contribution in [0.1, 0.15) is 5.56 Å². The van der Waals surface area contributed by atoms with Gasteiger partial charge in [-0.2, -0.15) is 30.3 Å². The van der Waals surface area contributed by atoms with E-state index < -0.39 is 0 Å². The first-order valence-corrected chi connectivity index (χ1v) is 12.3. The third-order valence-corrected chi connectivity index (χ3v) is 5.87. The van der Waals surface area contributed by atoms with Crippen LogP contribution in [0.25, 0.3) is 10.6 Å². The van der Waals surface area contributed by atoms with Crippen molar-refractivity contribution in [2.75, 3.05) is 47.3 Å². The van der Waals surface area contributed by atoms with E-state index in [0.29, 0.717) is 44.6 Å². The monoisotopic (exact) mass is 626 g/mol. The van der Waals surface area contributed by atoms with Gasteiger partial charge in [0.25, 0.3) is 0 Å². The zero-order chi connectivity index (χ0) is 24.9. The fraction of sp³-hybridized carbons (Fsp3) is 0.308. The molecule has 4 nitrogen and oxygen atoms in total. The van der Waals surface area contributed by atoms with E-state index in [-0.39, 0.29) is 32.7 Å². The number of benzene rings is 3. The predicted octanol–water partition coefficient (Wildman–Crippen LogP) is 8.49. The van der Waals surface area contributed by atoms with Crippen LogP contribution in [0.3, 0.4) is 0 Å². The Balaban J connectivity index is 0.000000468. The maximum absolute atomic E-state index is 6.09. The van der Waals surface area contributed by atoms with Gasteiger partial charge in [0, 0.05) is 20.1 Å². The summed E-state index contributed by atoms with van der Waals surface area (Å²) in [7, 11) is 6.13. The fourth-order valence-electron chi connectivity index (χ4n) is 2.95. The first kappa shape index (κ1) is 32.5. The van der Waals surface area contributed by atoms with Gasteiger partial charge < -0.3 is 20.4 Å². The van der Waals surface area contributed by atoms with Gasteiger partial charge in [0.05, 0.1) is 0 Å². The molecule has 0 saturated heterocycles. The molecule has 3 aromatic rings. The van der Waals surface area contributed by atoms with Crippen LogP contribution in [-0.2, 0) is 39.3 Å². The van der Waals surface area contributed by atoms with Crippen molar-refractivity contribution in [2.24, 2.45) is 0 Å². The Morgan fingerprint density at radius 2 is 1.17 bits per heavy atom. The van der Waals surface area contributed by atoms with E-state index in [1.807, 2.05) is 25.2 Å². The molecule has 0 bridgehead atoms. The van der Waals surface area contributed by atoms with Crippen molar-refractivity contribution in [3.63, 3.8) is 0 Å². The largest absolute Gasteiger partial charge is 3.00 e. The molecule has 0 aliphatic carbocycles. The number of halogens is 4. The van der Waals surface area contributed by atoms with Gasteiger partial charge in [0.15, 0.2) is 0 Å². The van der Waals surface area contributed by atoms with Crippen molar-refractivity contribution in [3.8, 4) is 0 Å². The van der Waals surface area contributed by atoms with E-state index in [4.69, 9.17) is 46.4 Å². The standard InChI is InChI=1S/C17H17Cl4N3.C9H12N.Y/c1-24(10-8-22-16-12(18)4-2-5-13(16)19)11-9-23-17-14(20)6-3-7-15(17)21;1-10(2)8-9-6-4-3-5-7-9;/h2-7H,8-11H2,1H3;3-4,6-7H,8H2,1-2H3;/q-2;-1;+3. The first-order chi connectivity index (χ1) is 16.3. The zero-order valence-corrected chi connectivity index (χ0v) is 26.0. The Morgan fingerprint density at radius 3 is 1.54 bits per heavy atom. The van der Waals surface area contributed by atoms with Gasteiger partial charge in [-0.05, 0) is 65.0 Å². The van der Waals surface area contributed by atoms with E-state index in [0.717, 1.165) is 19.6 Å². The molecule has 0 N–H and O–H groups in total. The molecule has 0 radical (unpaired) electrons. The smallest absolute Gasteiger partial charge is 0.681 e. The van der Waals surface area contributed by atoms with Crippen molar-refractivity contribution < 1.29 is 32.7 Å². The Hall–Kier alpha value is -0.556. The molecule has 0 saturated carbocycles. The van der Waals surface area contributed by atoms with E-state index >= 15 is 0 Å². The Labute approximate surface area is 255 Å². The second kappa shape index (κ2) is 17.8. The molecule has 35 heavy (non-hydrogen) atoms. The average Bonchev–Trinajstić information content (AvgIpc) is 2.78. The van der Waals surface area contributed by atoms with Crippen molar-refractivity contribution in [3.05, 3.63) is 103 Å². The van der Waals surface area contributed by atoms with Crippen molar-refractivity contribution in [1.82, 2.24) is 9.80 Å². The van der Waals surface area contributed by atoms with Crippen molar-refractivity contribution >= 4 is 57.8 Å². The number of hydrogen-bond acceptors (Lipinski definition) is 2. The molecule has 9 heteroatoms. The molecule has 0 aromatic heterocycles. The van der Waals surface area contributed by atoms with Gasteiger partial charge in [0.1, 0.15) is 0 Å². The molecule has 0 unspecified atom stereocenters. The summed E-state index contributed by atoms with van der Waals surface area (Å²) in [5.41, 5.74) is 2.59. The zero-order valence-electron chi connectivity index (χ0n) is 20.2. The summed E-state index contributed by atoms with van der Waals surface area (Å²) in [6, 6.07) is 21.8. The third kappa shape index (κ3) is 12.5. The molecule has 184 valence electrons. The SMILES string of the molecule is CN(C)Cc1c[c-]ccc1.CN(CC[N-]c1c(Cl)cccc1Cl)CC[N-]c1c(Cl)cccc1Cl.[Y+3]. The van der Waals surface area contributed by atoms with Gasteiger partial charge in [-0.1, -0.05) is 58.5 Å².